The summed E-state index contributed by atoms with van der Waals surface area (Å²) in [6, 6.07) is 14.9. The van der Waals surface area contributed by atoms with Crippen LogP contribution in [0.25, 0.3) is 16.3 Å². The van der Waals surface area contributed by atoms with E-state index in [1.807, 2.05) is 18.2 Å². The number of aliphatic carboxylic acids is 1. The van der Waals surface area contributed by atoms with E-state index in [0.29, 0.717) is 12.0 Å². The Kier molecular flexibility index (Phi) is 13.2. The van der Waals surface area contributed by atoms with Crippen molar-refractivity contribution in [1.82, 2.24) is 4.90 Å². The van der Waals surface area contributed by atoms with Crippen LogP contribution in [-0.2, 0) is 27.2 Å². The third kappa shape index (κ3) is 9.63. The SMILES string of the molecule is C=C(c1ccccc1N(C)C(=O)Cc1cccc2c(CCC(=O)O)cccc12)C(F)(F)F.CCC(N1CCC(C(N)=O)(C(F)(F)F)CC1)C(F)(F)F. The van der Waals surface area contributed by atoms with Gasteiger partial charge in [0.25, 0.3) is 0 Å². The molecule has 2 amide bonds. The molecule has 284 valence electrons. The van der Waals surface area contributed by atoms with Gasteiger partial charge >= 0.3 is 24.5 Å². The number of amides is 2. The molecule has 3 aromatic carbocycles. The Hall–Kier alpha value is -4.60. The summed E-state index contributed by atoms with van der Waals surface area (Å²) >= 11 is 0. The molecular weight excluding hydrogens is 709 g/mol. The van der Waals surface area contributed by atoms with Crippen molar-refractivity contribution >= 4 is 39.8 Å². The molecule has 7 nitrogen and oxygen atoms in total. The second-order valence-corrected chi connectivity index (χ2v) is 12.4. The first-order valence-electron chi connectivity index (χ1n) is 16.1. The maximum Gasteiger partial charge on any atom is 0.416 e. The largest absolute Gasteiger partial charge is 0.481 e. The molecule has 0 radical (unpaired) electrons. The number of carboxylic acid groups (broad SMARTS) is 1. The molecule has 1 heterocycles. The monoisotopic (exact) mass is 747 g/mol. The predicted octanol–water partition coefficient (Wildman–Crippen LogP) is 8.10. The van der Waals surface area contributed by atoms with E-state index in [9.17, 15) is 53.9 Å². The molecule has 0 spiro atoms. The molecule has 3 N–H and O–H groups in total. The first-order chi connectivity index (χ1) is 24.0. The quantitative estimate of drug-likeness (QED) is 0.204. The van der Waals surface area contributed by atoms with Crippen LogP contribution in [0.5, 0.6) is 0 Å². The Labute approximate surface area is 293 Å². The maximum absolute atomic E-state index is 13.2. The van der Waals surface area contributed by atoms with Gasteiger partial charge in [-0.1, -0.05) is 68.1 Å². The molecule has 1 aliphatic heterocycles. The number of allylic oxidation sites excluding steroid dienone is 1. The fraction of sp³-hybridized carbons (Fsp3) is 0.417. The number of rotatable bonds is 10. The molecule has 0 aliphatic carbocycles. The molecule has 1 aliphatic rings. The van der Waals surface area contributed by atoms with Gasteiger partial charge in [-0.05, 0) is 53.6 Å². The zero-order valence-electron chi connectivity index (χ0n) is 28.3. The number of likely N-dealkylation sites (tertiary alicyclic amines) is 1. The van der Waals surface area contributed by atoms with E-state index in [1.165, 1.54) is 37.1 Å². The zero-order valence-corrected chi connectivity index (χ0v) is 28.3. The maximum atomic E-state index is 13.2. The van der Waals surface area contributed by atoms with Gasteiger partial charge in [-0.3, -0.25) is 19.3 Å². The van der Waals surface area contributed by atoms with Gasteiger partial charge in [-0.15, -0.1) is 0 Å². The van der Waals surface area contributed by atoms with Gasteiger partial charge in [-0.2, -0.15) is 39.5 Å². The summed E-state index contributed by atoms with van der Waals surface area (Å²) in [5, 5.41) is 10.6. The van der Waals surface area contributed by atoms with Crippen LogP contribution in [0.3, 0.4) is 0 Å². The number of para-hydroxylation sites is 1. The van der Waals surface area contributed by atoms with Crippen LogP contribution < -0.4 is 10.6 Å². The van der Waals surface area contributed by atoms with E-state index in [0.717, 1.165) is 21.2 Å². The number of anilines is 1. The Balaban J connectivity index is 0.000000314. The van der Waals surface area contributed by atoms with Gasteiger partial charge in [0.1, 0.15) is 11.5 Å². The highest BCUT2D eigenvalue weighted by atomic mass is 19.4. The highest BCUT2D eigenvalue weighted by Crippen LogP contribution is 2.47. The minimum Gasteiger partial charge on any atom is -0.481 e. The summed E-state index contributed by atoms with van der Waals surface area (Å²) in [4.78, 5) is 37.2. The van der Waals surface area contributed by atoms with Crippen molar-refractivity contribution in [2.24, 2.45) is 11.1 Å². The average Bonchev–Trinajstić information content (AvgIpc) is 3.06. The van der Waals surface area contributed by atoms with Gasteiger partial charge in [0.05, 0.1) is 17.7 Å². The molecule has 16 heteroatoms. The van der Waals surface area contributed by atoms with E-state index < -0.39 is 73.4 Å². The molecule has 1 fully saturated rings. The van der Waals surface area contributed by atoms with Crippen molar-refractivity contribution < 1.29 is 59.0 Å². The van der Waals surface area contributed by atoms with Crippen LogP contribution in [-0.4, -0.2) is 72.5 Å². The topological polar surface area (TPSA) is 104 Å². The van der Waals surface area contributed by atoms with E-state index in [2.05, 4.69) is 6.58 Å². The molecule has 4 rings (SSSR count). The molecule has 3 aromatic rings. The number of carboxylic acids is 1. The van der Waals surface area contributed by atoms with Crippen molar-refractivity contribution in [2.45, 2.75) is 70.0 Å². The number of aryl methyl sites for hydroxylation is 1. The molecule has 1 atom stereocenters. The summed E-state index contributed by atoms with van der Waals surface area (Å²) in [5.74, 6) is -2.80. The zero-order chi connectivity index (χ0) is 39.2. The highest BCUT2D eigenvalue weighted by Gasteiger charge is 2.61. The lowest BCUT2D eigenvalue weighted by Crippen LogP contribution is -2.58. The second-order valence-electron chi connectivity index (χ2n) is 12.4. The first-order valence-corrected chi connectivity index (χ1v) is 16.1. The van der Waals surface area contributed by atoms with Crippen LogP contribution in [0.4, 0.5) is 45.2 Å². The van der Waals surface area contributed by atoms with Gasteiger partial charge in [-0.25, -0.2) is 0 Å². The van der Waals surface area contributed by atoms with Crippen molar-refractivity contribution in [3.63, 3.8) is 0 Å². The number of hydrogen-bond donors (Lipinski definition) is 2. The summed E-state index contributed by atoms with van der Waals surface area (Å²) in [7, 11) is 1.44. The summed E-state index contributed by atoms with van der Waals surface area (Å²) in [6.45, 7) is 3.56. The number of nitrogens with two attached hydrogens (primary N) is 1. The van der Waals surface area contributed by atoms with Crippen LogP contribution >= 0.6 is 0 Å². The molecule has 0 aromatic heterocycles. The number of hydrogen-bond acceptors (Lipinski definition) is 4. The Bertz CT molecular complexity index is 1760. The second kappa shape index (κ2) is 16.4. The lowest BCUT2D eigenvalue weighted by Gasteiger charge is -2.43. The number of halogens is 9. The number of alkyl halides is 9. The van der Waals surface area contributed by atoms with E-state index in [-0.39, 0.29) is 36.4 Å². The van der Waals surface area contributed by atoms with Crippen molar-refractivity contribution in [2.75, 3.05) is 25.0 Å². The fourth-order valence-electron chi connectivity index (χ4n) is 6.23. The molecule has 1 unspecified atom stereocenters. The van der Waals surface area contributed by atoms with Crippen LogP contribution in [0.1, 0.15) is 49.3 Å². The van der Waals surface area contributed by atoms with Crippen LogP contribution in [0, 0.1) is 5.41 Å². The van der Waals surface area contributed by atoms with E-state index in [4.69, 9.17) is 10.8 Å². The number of carbonyl (C=O) groups is 3. The molecule has 1 saturated heterocycles. The normalized spacial score (nSPS) is 15.7. The lowest BCUT2D eigenvalue weighted by atomic mass is 9.76. The minimum atomic E-state index is -4.84. The lowest BCUT2D eigenvalue weighted by molar-refractivity contribution is -0.239. The van der Waals surface area contributed by atoms with Gasteiger partial charge in [0.2, 0.25) is 11.8 Å². The average molecular weight is 748 g/mol. The number of piperidine rings is 1. The Morgan fingerprint density at radius 3 is 1.90 bits per heavy atom. The number of likely N-dealkylation sites (N-methyl/N-ethyl adjacent to an activating group) is 1. The predicted molar refractivity (Wildman–Crippen MR) is 177 cm³/mol. The van der Waals surface area contributed by atoms with Gasteiger partial charge < -0.3 is 15.7 Å². The summed E-state index contributed by atoms with van der Waals surface area (Å²) < 4.78 is 117. The molecular formula is C36H38F9N3O4. The first kappa shape index (κ1) is 41.8. The summed E-state index contributed by atoms with van der Waals surface area (Å²) in [5.41, 5.74) is 2.65. The number of fused-ring (bicyclic) bond motifs is 1. The third-order valence-electron chi connectivity index (χ3n) is 9.23. The minimum absolute atomic E-state index is 0.00904. The number of primary amides is 1. The van der Waals surface area contributed by atoms with Crippen molar-refractivity contribution in [3.05, 3.63) is 83.9 Å². The van der Waals surface area contributed by atoms with Crippen molar-refractivity contribution in [3.8, 4) is 0 Å². The summed E-state index contributed by atoms with van der Waals surface area (Å²) in [6.07, 6.45) is -15.4. The molecule has 0 saturated carbocycles. The molecule has 0 bridgehead atoms. The van der Waals surface area contributed by atoms with Crippen LogP contribution in [0.2, 0.25) is 0 Å². The smallest absolute Gasteiger partial charge is 0.416 e. The van der Waals surface area contributed by atoms with Gasteiger partial charge in [0.15, 0.2) is 0 Å². The fourth-order valence-corrected chi connectivity index (χ4v) is 6.23. The van der Waals surface area contributed by atoms with E-state index >= 15 is 0 Å². The van der Waals surface area contributed by atoms with Crippen LogP contribution in [0.15, 0.2) is 67.2 Å². The Morgan fingerprint density at radius 1 is 0.885 bits per heavy atom. The number of benzene rings is 3. The molecule has 52 heavy (non-hydrogen) atoms. The third-order valence-corrected chi connectivity index (χ3v) is 9.23. The number of carbonyl (C=O) groups excluding carboxylic acids is 2. The highest BCUT2D eigenvalue weighted by molar-refractivity contribution is 6.00. The number of nitrogens with zero attached hydrogens (tertiary/aromatic N) is 2. The Morgan fingerprint density at radius 2 is 1.42 bits per heavy atom. The van der Waals surface area contributed by atoms with Gasteiger partial charge in [0, 0.05) is 32.1 Å². The standard InChI is InChI=1S/C25H22F3NO3.C11H16F6N2O/c1-16(25(26,27)28)19-9-3-4-12-22(19)29(2)23(30)15-18-8-6-10-20-17(13-14-24(31)32)7-5-11-21(18)20;1-2-7(10(12,13)14)19-5-3-9(4-6-19,8(18)20)11(15,16)17/h3-12H,1,13-15H2,2H3,(H,31,32);7H,2-6H2,1H3,(H2,18,20). The van der Waals surface area contributed by atoms with Crippen molar-refractivity contribution in [1.29, 1.82) is 0 Å². The van der Waals surface area contributed by atoms with E-state index in [1.54, 1.807) is 24.3 Å².